The number of aryl methyl sites for hydroxylation is 1. The Bertz CT molecular complexity index is 750. The molecule has 4 rings (SSSR count). The minimum atomic E-state index is 0. The molecule has 0 spiro atoms. The van der Waals surface area contributed by atoms with Crippen molar-refractivity contribution in [2.75, 3.05) is 0 Å². The first-order valence-corrected chi connectivity index (χ1v) is 8.49. The molecule has 2 aromatic carbocycles. The highest BCUT2D eigenvalue weighted by molar-refractivity contribution is 9.10. The zero-order valence-electron chi connectivity index (χ0n) is 13.0. The summed E-state index contributed by atoms with van der Waals surface area (Å²) < 4.78 is 5.93. The number of imidazole rings is 1. The summed E-state index contributed by atoms with van der Waals surface area (Å²) in [6.07, 6.45) is 4.65. The van der Waals surface area contributed by atoms with Gasteiger partial charge in [0.15, 0.2) is 5.69 Å². The number of hydrogen-bond acceptors (Lipinski definition) is 0. The van der Waals surface area contributed by atoms with Crippen LogP contribution in [0.3, 0.4) is 0 Å². The number of halogens is 2. The lowest BCUT2D eigenvalue weighted by Crippen LogP contribution is -3.00. The molecular weight excluding hydrogens is 416 g/mol. The average molecular weight is 434 g/mol. The van der Waals surface area contributed by atoms with Crippen molar-refractivity contribution >= 4 is 15.9 Å². The predicted molar refractivity (Wildman–Crippen MR) is 92.2 cm³/mol. The third kappa shape index (κ3) is 3.02. The summed E-state index contributed by atoms with van der Waals surface area (Å²) in [4.78, 5) is 0. The molecule has 1 aromatic heterocycles. The lowest BCUT2D eigenvalue weighted by Gasteiger charge is -1.98. The lowest BCUT2D eigenvalue weighted by atomic mass is 10.1. The molecule has 1 aliphatic heterocycles. The second-order valence-corrected chi connectivity index (χ2v) is 6.81. The van der Waals surface area contributed by atoms with E-state index in [1.807, 2.05) is 0 Å². The van der Waals surface area contributed by atoms with Crippen LogP contribution in [0, 0.1) is 6.92 Å². The molecule has 0 atom stereocenters. The predicted octanol–water partition coefficient (Wildman–Crippen LogP) is 1.45. The fourth-order valence-corrected chi connectivity index (χ4v) is 3.48. The van der Waals surface area contributed by atoms with Crippen molar-refractivity contribution in [3.63, 3.8) is 0 Å². The van der Waals surface area contributed by atoms with Crippen molar-refractivity contribution in [1.82, 2.24) is 4.57 Å². The Kier molecular flexibility index (Phi) is 4.74. The van der Waals surface area contributed by atoms with Gasteiger partial charge in [0.2, 0.25) is 0 Å². The van der Waals surface area contributed by atoms with Crippen molar-refractivity contribution in [1.29, 1.82) is 0 Å². The van der Waals surface area contributed by atoms with Crippen molar-refractivity contribution in [3.05, 3.63) is 70.6 Å². The van der Waals surface area contributed by atoms with Crippen LogP contribution in [-0.2, 0) is 13.0 Å². The van der Waals surface area contributed by atoms with Gasteiger partial charge in [-0.3, -0.25) is 0 Å². The molecule has 2 heterocycles. The SMILES string of the molecule is Cc1ccc(-n2cc(-c3ccc(Br)cc3)[n+]3c2CCC3)cc1.[Br-]. The molecule has 0 N–H and O–H groups in total. The molecule has 0 unspecified atom stereocenters. The summed E-state index contributed by atoms with van der Waals surface area (Å²) in [6, 6.07) is 17.4. The molecule has 0 saturated carbocycles. The van der Waals surface area contributed by atoms with Crippen LogP contribution in [-0.4, -0.2) is 4.57 Å². The second kappa shape index (κ2) is 6.62. The van der Waals surface area contributed by atoms with E-state index in [0.717, 1.165) is 17.4 Å². The maximum atomic E-state index is 3.52. The van der Waals surface area contributed by atoms with Crippen LogP contribution in [0.15, 0.2) is 59.2 Å². The fraction of sp³-hybridized carbons (Fsp3) is 0.211. The molecular formula is C19H18Br2N2. The molecule has 2 nitrogen and oxygen atoms in total. The number of hydrogen-bond donors (Lipinski definition) is 0. The molecule has 0 amide bonds. The van der Waals surface area contributed by atoms with E-state index < -0.39 is 0 Å². The number of aromatic nitrogens is 2. The molecule has 0 aliphatic carbocycles. The number of rotatable bonds is 2. The van der Waals surface area contributed by atoms with Gasteiger partial charge in [0, 0.05) is 10.0 Å². The molecule has 1 aliphatic rings. The summed E-state index contributed by atoms with van der Waals surface area (Å²) >= 11 is 3.52. The Balaban J connectivity index is 0.00000156. The first-order valence-electron chi connectivity index (χ1n) is 7.69. The summed E-state index contributed by atoms with van der Waals surface area (Å²) in [5.74, 6) is 1.40. The molecule has 23 heavy (non-hydrogen) atoms. The van der Waals surface area contributed by atoms with E-state index in [4.69, 9.17) is 0 Å². The number of benzene rings is 2. The van der Waals surface area contributed by atoms with Crippen LogP contribution in [0.4, 0.5) is 0 Å². The van der Waals surface area contributed by atoms with E-state index in [1.165, 1.54) is 34.8 Å². The second-order valence-electron chi connectivity index (χ2n) is 5.90. The van der Waals surface area contributed by atoms with Gasteiger partial charge in [-0.2, -0.15) is 4.57 Å². The topological polar surface area (TPSA) is 8.81 Å². The minimum absolute atomic E-state index is 0. The van der Waals surface area contributed by atoms with Gasteiger partial charge in [-0.1, -0.05) is 33.6 Å². The summed E-state index contributed by atoms with van der Waals surface area (Å²) in [6.45, 7) is 3.24. The van der Waals surface area contributed by atoms with Crippen LogP contribution in [0.2, 0.25) is 0 Å². The fourth-order valence-electron chi connectivity index (χ4n) is 3.22. The Labute approximate surface area is 155 Å². The van der Waals surface area contributed by atoms with E-state index in [9.17, 15) is 0 Å². The minimum Gasteiger partial charge on any atom is -1.00 e. The lowest BCUT2D eigenvalue weighted by molar-refractivity contribution is -0.679. The highest BCUT2D eigenvalue weighted by Gasteiger charge is 2.29. The van der Waals surface area contributed by atoms with Crippen molar-refractivity contribution in [2.24, 2.45) is 0 Å². The van der Waals surface area contributed by atoms with Gasteiger partial charge in [-0.25, -0.2) is 4.57 Å². The Morgan fingerprint density at radius 3 is 2.39 bits per heavy atom. The van der Waals surface area contributed by atoms with Crippen molar-refractivity contribution in [2.45, 2.75) is 26.3 Å². The molecule has 118 valence electrons. The molecule has 0 bridgehead atoms. The quantitative estimate of drug-likeness (QED) is 0.541. The van der Waals surface area contributed by atoms with Gasteiger partial charge in [0.1, 0.15) is 11.9 Å². The highest BCUT2D eigenvalue weighted by atomic mass is 79.9. The summed E-state index contributed by atoms with van der Waals surface area (Å²) in [7, 11) is 0. The van der Waals surface area contributed by atoms with Crippen LogP contribution >= 0.6 is 15.9 Å². The first kappa shape index (κ1) is 16.5. The summed E-state index contributed by atoms with van der Waals surface area (Å²) in [5, 5.41) is 0. The van der Waals surface area contributed by atoms with Gasteiger partial charge in [0.25, 0.3) is 5.82 Å². The Morgan fingerprint density at radius 2 is 1.70 bits per heavy atom. The number of nitrogens with zero attached hydrogens (tertiary/aromatic N) is 2. The van der Waals surface area contributed by atoms with Gasteiger partial charge in [-0.05, 0) is 49.7 Å². The van der Waals surface area contributed by atoms with Crippen LogP contribution in [0.25, 0.3) is 16.9 Å². The zero-order chi connectivity index (χ0) is 15.1. The van der Waals surface area contributed by atoms with Gasteiger partial charge < -0.3 is 17.0 Å². The standard InChI is InChI=1S/C19H18BrN2.BrH/c1-14-4-10-17(11-5-14)22-13-18(21-12-2-3-19(21)22)15-6-8-16(20)9-7-15;/h4-11,13H,2-3,12H2,1H3;1H/q+1;/p-1. The largest absolute Gasteiger partial charge is 1.00 e. The normalized spacial score (nSPS) is 12.8. The zero-order valence-corrected chi connectivity index (χ0v) is 16.1. The van der Waals surface area contributed by atoms with Crippen molar-refractivity contribution < 1.29 is 21.5 Å². The average Bonchev–Trinajstić information content (AvgIpc) is 3.12. The highest BCUT2D eigenvalue weighted by Crippen LogP contribution is 2.25. The van der Waals surface area contributed by atoms with E-state index in [2.05, 4.69) is 86.7 Å². The monoisotopic (exact) mass is 432 g/mol. The molecule has 3 aromatic rings. The van der Waals surface area contributed by atoms with E-state index in [0.29, 0.717) is 0 Å². The van der Waals surface area contributed by atoms with E-state index in [1.54, 1.807) is 0 Å². The maximum absolute atomic E-state index is 3.52. The Hall–Kier alpha value is -1.39. The molecule has 0 saturated heterocycles. The molecule has 4 heteroatoms. The maximum Gasteiger partial charge on any atom is 0.262 e. The molecule has 0 radical (unpaired) electrons. The van der Waals surface area contributed by atoms with Gasteiger partial charge in [0.05, 0.1) is 13.0 Å². The van der Waals surface area contributed by atoms with Gasteiger partial charge in [-0.15, -0.1) is 0 Å². The molecule has 0 fully saturated rings. The van der Waals surface area contributed by atoms with Crippen LogP contribution < -0.4 is 21.5 Å². The van der Waals surface area contributed by atoms with E-state index >= 15 is 0 Å². The van der Waals surface area contributed by atoms with Gasteiger partial charge >= 0.3 is 0 Å². The third-order valence-electron chi connectivity index (χ3n) is 4.37. The van der Waals surface area contributed by atoms with Crippen molar-refractivity contribution in [3.8, 4) is 16.9 Å². The third-order valence-corrected chi connectivity index (χ3v) is 4.89. The Morgan fingerprint density at radius 1 is 1.00 bits per heavy atom. The smallest absolute Gasteiger partial charge is 0.262 e. The van der Waals surface area contributed by atoms with Crippen LogP contribution in [0.1, 0.15) is 17.8 Å². The number of fused-ring (bicyclic) bond motifs is 1. The first-order chi connectivity index (χ1) is 10.7. The van der Waals surface area contributed by atoms with E-state index in [-0.39, 0.29) is 17.0 Å². The van der Waals surface area contributed by atoms with Crippen LogP contribution in [0.5, 0.6) is 0 Å². The summed E-state index contributed by atoms with van der Waals surface area (Å²) in [5.41, 5.74) is 5.13.